The molecule has 0 amide bonds. The van der Waals surface area contributed by atoms with E-state index < -0.39 is 18.3 Å². The molecule has 0 heterocycles. The van der Waals surface area contributed by atoms with Crippen molar-refractivity contribution in [3.05, 3.63) is 0 Å². The minimum Gasteiger partial charge on any atom is 0 e. The van der Waals surface area contributed by atoms with Gasteiger partial charge in [-0.2, -0.15) is 0 Å². The molecule has 0 bridgehead atoms. The van der Waals surface area contributed by atoms with Crippen LogP contribution in [-0.4, -0.2) is 64.8 Å². The van der Waals surface area contributed by atoms with E-state index in [1.165, 1.54) is 0 Å². The van der Waals surface area contributed by atoms with Crippen LogP contribution in [0.5, 0.6) is 0 Å². The van der Waals surface area contributed by atoms with Crippen LogP contribution in [-0.2, 0) is 30.6 Å². The second-order valence-electron chi connectivity index (χ2n) is 0.565. The maximum atomic E-state index is 8.74. The van der Waals surface area contributed by atoms with Gasteiger partial charge in [-0.05, 0) is 0 Å². The molecule has 0 aromatic rings. The van der Waals surface area contributed by atoms with Crippen LogP contribution in [0.25, 0.3) is 0 Å². The van der Waals surface area contributed by atoms with E-state index in [1.54, 1.807) is 0 Å². The Morgan fingerprint density at radius 2 is 0.800 bits per heavy atom. The van der Waals surface area contributed by atoms with E-state index >= 15 is 0 Å². The second kappa shape index (κ2) is 16.5. The van der Waals surface area contributed by atoms with Crippen LogP contribution >= 0.6 is 0 Å². The van der Waals surface area contributed by atoms with E-state index in [0.717, 1.165) is 0 Å². The molecule has 10 heavy (non-hydrogen) atoms. The first-order chi connectivity index (χ1) is 3.46. The average Bonchev–Trinajstić information content (AvgIpc) is 1.25. The van der Waals surface area contributed by atoms with Gasteiger partial charge in [-0.1, -0.05) is 0 Å². The predicted molar refractivity (Wildman–Crippen MR) is 30.3 cm³/mol. The molecule has 0 spiro atoms. The summed E-state index contributed by atoms with van der Waals surface area (Å²) in [6, 6.07) is 0. The fraction of sp³-hybridized carbons (Fsp3) is 0. The van der Waals surface area contributed by atoms with Crippen molar-refractivity contribution in [1.29, 1.82) is 0 Å². The van der Waals surface area contributed by atoms with Gasteiger partial charge in [-0.25, -0.2) is 0 Å². The molecule has 0 saturated carbocycles. The molecule has 0 unspecified atom stereocenters. The molecule has 0 saturated heterocycles. The van der Waals surface area contributed by atoms with Crippen molar-refractivity contribution >= 4 is 45.6 Å². The Hall–Kier alpha value is 0.870. The first-order valence-electron chi connectivity index (χ1n) is 1.30. The standard InChI is InChI=1S/2H2O3Si.Pb.Ti.2H/c2*1-4(2)3;;;;/h2*1-2H;;;;. The zero-order chi connectivity index (χ0) is 7.15. The molecule has 10 heteroatoms. The maximum absolute atomic E-state index is 8.74. The van der Waals surface area contributed by atoms with Gasteiger partial charge >= 0.3 is 45.6 Å². The van der Waals surface area contributed by atoms with Gasteiger partial charge in [0, 0.05) is 21.7 Å². The fourth-order valence-corrected chi connectivity index (χ4v) is 0. The van der Waals surface area contributed by atoms with Crippen molar-refractivity contribution in [3.63, 3.8) is 0 Å². The topological polar surface area (TPSA) is 115 Å². The van der Waals surface area contributed by atoms with E-state index in [4.69, 9.17) is 28.1 Å². The SMILES string of the molecule is O=[Si](O)O.O=[Si](O)O.[PbH2].[Ti]. The number of rotatable bonds is 0. The van der Waals surface area contributed by atoms with Crippen molar-refractivity contribution in [1.82, 2.24) is 0 Å². The maximum Gasteiger partial charge on any atom is 0 e. The van der Waals surface area contributed by atoms with Crippen molar-refractivity contribution < 1.29 is 49.8 Å². The number of hydrogen-bond acceptors (Lipinski definition) is 2. The minimum atomic E-state index is -3.13. The second-order valence-corrected chi connectivity index (χ2v) is 1.70. The van der Waals surface area contributed by atoms with Crippen LogP contribution in [0, 0.1) is 0 Å². The van der Waals surface area contributed by atoms with Gasteiger partial charge < -0.3 is 19.2 Å². The Bertz CT molecular complexity index is 73.7. The molecule has 2 radical (unpaired) electrons. The molecular weight excluding hydrogens is 407 g/mol. The largest absolute Gasteiger partial charge is 0 e. The third-order valence-electron chi connectivity index (χ3n) is 0. The van der Waals surface area contributed by atoms with Crippen LogP contribution in [0.4, 0.5) is 0 Å². The molecule has 0 aromatic carbocycles. The van der Waals surface area contributed by atoms with Gasteiger partial charge in [0.1, 0.15) is 0 Å². The summed E-state index contributed by atoms with van der Waals surface area (Å²) in [5, 5.41) is 0. The van der Waals surface area contributed by atoms with Crippen LogP contribution < -0.4 is 0 Å². The summed E-state index contributed by atoms with van der Waals surface area (Å²) in [7, 11) is -6.26. The molecule has 0 aromatic heterocycles. The van der Waals surface area contributed by atoms with Crippen LogP contribution in [0.2, 0.25) is 0 Å². The van der Waals surface area contributed by atoms with E-state index in [-0.39, 0.29) is 49.0 Å². The zero-order valence-corrected chi connectivity index (χ0v) is 13.9. The van der Waals surface area contributed by atoms with E-state index in [1.807, 2.05) is 0 Å². The molecule has 0 aliphatic rings. The Labute approximate surface area is 94.7 Å². The summed E-state index contributed by atoms with van der Waals surface area (Å²) in [5.74, 6) is 0. The van der Waals surface area contributed by atoms with Gasteiger partial charge in [-0.15, -0.1) is 0 Å². The van der Waals surface area contributed by atoms with Crippen molar-refractivity contribution in [2.45, 2.75) is 0 Å². The third-order valence-corrected chi connectivity index (χ3v) is 0. The van der Waals surface area contributed by atoms with Crippen molar-refractivity contribution in [2.75, 3.05) is 0 Å². The van der Waals surface area contributed by atoms with Crippen molar-refractivity contribution in [3.8, 4) is 0 Å². The summed E-state index contributed by atoms with van der Waals surface area (Å²) < 4.78 is 17.5. The van der Waals surface area contributed by atoms with Gasteiger partial charge in [0.2, 0.25) is 0 Å². The minimum absolute atomic E-state index is 0. The summed E-state index contributed by atoms with van der Waals surface area (Å²) in [4.78, 5) is 28.6. The normalized spacial score (nSPS) is 4.80. The van der Waals surface area contributed by atoms with Gasteiger partial charge in [0.15, 0.2) is 0 Å². The smallest absolute Gasteiger partial charge is 0 e. The third kappa shape index (κ3) is 726. The molecule has 4 N–H and O–H groups in total. The Kier molecular flexibility index (Phi) is 36.9. The molecule has 0 atom stereocenters. The summed E-state index contributed by atoms with van der Waals surface area (Å²) in [6.07, 6.45) is 0. The van der Waals surface area contributed by atoms with Crippen LogP contribution in [0.1, 0.15) is 0 Å². The average molecular weight is 413 g/mol. The molecule has 0 aliphatic heterocycles. The van der Waals surface area contributed by atoms with Gasteiger partial charge in [0.05, 0.1) is 0 Å². The van der Waals surface area contributed by atoms with Crippen molar-refractivity contribution in [2.24, 2.45) is 0 Å². The van der Waals surface area contributed by atoms with E-state index in [2.05, 4.69) is 0 Å². The fourth-order valence-electron chi connectivity index (χ4n) is 0. The Morgan fingerprint density at radius 1 is 0.800 bits per heavy atom. The Balaban J connectivity index is -0.0000000300. The monoisotopic (exact) mass is 414 g/mol. The predicted octanol–water partition coefficient (Wildman–Crippen LogP) is -4.15. The summed E-state index contributed by atoms with van der Waals surface area (Å²) >= 11 is 0. The van der Waals surface area contributed by atoms with E-state index in [9.17, 15) is 0 Å². The summed E-state index contributed by atoms with van der Waals surface area (Å²) in [6.45, 7) is 0. The molecule has 0 fully saturated rings. The quantitative estimate of drug-likeness (QED) is 0.300. The van der Waals surface area contributed by atoms with Crippen LogP contribution in [0.15, 0.2) is 0 Å². The molecular formula is H6O6PbSi2Ti. The van der Waals surface area contributed by atoms with Gasteiger partial charge in [-0.3, -0.25) is 8.92 Å². The molecule has 6 nitrogen and oxygen atoms in total. The first-order valence-corrected chi connectivity index (χ1v) is 3.91. The number of hydrogen-bond donors (Lipinski definition) is 4. The Morgan fingerprint density at radius 3 is 0.800 bits per heavy atom. The molecule has 0 rings (SSSR count). The molecule has 58 valence electrons. The van der Waals surface area contributed by atoms with E-state index in [0.29, 0.717) is 0 Å². The zero-order valence-electron chi connectivity index (χ0n) is 4.81. The molecule has 0 aliphatic carbocycles. The van der Waals surface area contributed by atoms with Crippen LogP contribution in [0.3, 0.4) is 0 Å². The summed E-state index contributed by atoms with van der Waals surface area (Å²) in [5.41, 5.74) is 0. The van der Waals surface area contributed by atoms with Gasteiger partial charge in [0.25, 0.3) is 0 Å². The first kappa shape index (κ1) is 22.4.